The van der Waals surface area contributed by atoms with Crippen molar-refractivity contribution in [2.75, 3.05) is 0 Å². The van der Waals surface area contributed by atoms with Crippen LogP contribution >= 0.6 is 14.9 Å². The van der Waals surface area contributed by atoms with Crippen molar-refractivity contribution in [1.29, 1.82) is 0 Å². The summed E-state index contributed by atoms with van der Waals surface area (Å²) in [6.45, 7) is 1.74. The van der Waals surface area contributed by atoms with Crippen LogP contribution in [0.5, 0.6) is 5.75 Å². The maximum Gasteiger partial charge on any atom is 0.371 e. The van der Waals surface area contributed by atoms with Gasteiger partial charge in [-0.05, 0) is 37.0 Å². The number of benzene rings is 1. The average Bonchev–Trinajstić information content (AvgIpc) is 2.55. The van der Waals surface area contributed by atoms with Gasteiger partial charge in [-0.2, -0.15) is 0 Å². The van der Waals surface area contributed by atoms with Crippen LogP contribution in [0.4, 0.5) is 0 Å². The SMILES string of the molecule is C=P1(O)OC(c2cc(C)ccc2O)OP(=O)(O)C1(O)Cc1cccnc1. The maximum absolute atomic E-state index is 12.8. The Balaban J connectivity index is 2.01. The number of aromatic hydroxyl groups is 1. The van der Waals surface area contributed by atoms with E-state index in [2.05, 4.69) is 11.3 Å². The number of pyridine rings is 1. The quantitative estimate of drug-likeness (QED) is 0.580. The van der Waals surface area contributed by atoms with Gasteiger partial charge in [0.25, 0.3) is 0 Å². The van der Waals surface area contributed by atoms with Gasteiger partial charge < -0.3 is 20.0 Å². The average molecular weight is 399 g/mol. The molecule has 0 amide bonds. The molecule has 1 aliphatic rings. The number of aliphatic hydroxyl groups is 1. The third-order valence-electron chi connectivity index (χ3n) is 4.12. The lowest BCUT2D eigenvalue weighted by molar-refractivity contribution is -0.0484. The molecular weight excluding hydrogens is 380 g/mol. The highest BCUT2D eigenvalue weighted by Gasteiger charge is 2.62. The van der Waals surface area contributed by atoms with E-state index in [0.29, 0.717) is 5.56 Å². The van der Waals surface area contributed by atoms with Gasteiger partial charge in [0.05, 0.1) is 5.56 Å². The molecule has 3 rings (SSSR count). The van der Waals surface area contributed by atoms with Crippen LogP contribution < -0.4 is 0 Å². The molecule has 0 aliphatic carbocycles. The van der Waals surface area contributed by atoms with Crippen molar-refractivity contribution >= 4 is 21.2 Å². The van der Waals surface area contributed by atoms with Gasteiger partial charge in [0.2, 0.25) is 11.4 Å². The van der Waals surface area contributed by atoms with Crippen molar-refractivity contribution in [2.45, 2.75) is 24.7 Å². The fraction of sp³-hybridized carbons (Fsp3) is 0.250. The van der Waals surface area contributed by atoms with E-state index in [0.717, 1.165) is 5.56 Å². The van der Waals surface area contributed by atoms with Crippen molar-refractivity contribution in [3.8, 4) is 5.75 Å². The number of aromatic nitrogens is 1. The number of rotatable bonds is 3. The van der Waals surface area contributed by atoms with Gasteiger partial charge in [-0.1, -0.05) is 17.7 Å². The van der Waals surface area contributed by atoms with Gasteiger partial charge in [-0.25, -0.2) is 0 Å². The summed E-state index contributed by atoms with van der Waals surface area (Å²) < 4.78 is 23.3. The van der Waals surface area contributed by atoms with Crippen LogP contribution in [0.3, 0.4) is 0 Å². The lowest BCUT2D eigenvalue weighted by atomic mass is 10.1. The summed E-state index contributed by atoms with van der Waals surface area (Å²) in [6.07, 6.45) is 4.39. The van der Waals surface area contributed by atoms with Crippen molar-refractivity contribution in [3.05, 3.63) is 59.4 Å². The van der Waals surface area contributed by atoms with Crippen LogP contribution in [0.15, 0.2) is 42.7 Å². The number of hydrogen-bond donors (Lipinski definition) is 4. The summed E-state index contributed by atoms with van der Waals surface area (Å²) in [4.78, 5) is 25.0. The first-order valence-electron chi connectivity index (χ1n) is 7.62. The molecule has 1 aromatic carbocycles. The van der Waals surface area contributed by atoms with Crippen LogP contribution in [-0.2, 0) is 20.0 Å². The standard InChI is InChI=1S/C16H19NO7P2/c1-11-5-6-14(18)13(8-11)15-23-25(2,20)16(19,26(21,22)24-15)9-12-4-3-7-17-10-12/h3-8,10,15,18-20H,2,9H2,1H3,(H,21,22). The predicted molar refractivity (Wildman–Crippen MR) is 96.7 cm³/mol. The van der Waals surface area contributed by atoms with Crippen molar-refractivity contribution in [2.24, 2.45) is 0 Å². The molecule has 1 aromatic heterocycles. The third kappa shape index (κ3) is 3.26. The second-order valence-corrected chi connectivity index (χ2v) is 10.8. The van der Waals surface area contributed by atoms with Crippen LogP contribution in [0.25, 0.3) is 0 Å². The molecule has 1 fully saturated rings. The van der Waals surface area contributed by atoms with E-state index in [-0.39, 0.29) is 11.3 Å². The van der Waals surface area contributed by atoms with E-state index in [9.17, 15) is 24.6 Å². The van der Waals surface area contributed by atoms with Gasteiger partial charge >= 0.3 is 7.60 Å². The number of phenols is 1. The van der Waals surface area contributed by atoms with Gasteiger partial charge in [0.15, 0.2) is 7.34 Å². The molecule has 0 bridgehead atoms. The molecule has 4 N–H and O–H groups in total. The molecule has 4 atom stereocenters. The zero-order chi connectivity index (χ0) is 19.2. The van der Waals surface area contributed by atoms with Gasteiger partial charge in [-0.15, -0.1) is 0 Å². The monoisotopic (exact) mass is 399 g/mol. The van der Waals surface area contributed by atoms with Crippen molar-refractivity contribution < 1.29 is 33.6 Å². The summed E-state index contributed by atoms with van der Waals surface area (Å²) in [7, 11) is -8.90. The number of nitrogens with zero attached hydrogens (tertiary/aromatic N) is 1. The smallest absolute Gasteiger partial charge is 0.371 e. The zero-order valence-corrected chi connectivity index (χ0v) is 15.7. The van der Waals surface area contributed by atoms with E-state index >= 15 is 0 Å². The molecule has 0 saturated carbocycles. The lowest BCUT2D eigenvalue weighted by Gasteiger charge is -2.45. The molecule has 1 aliphatic heterocycles. The maximum atomic E-state index is 12.8. The van der Waals surface area contributed by atoms with Gasteiger partial charge in [-0.3, -0.25) is 18.6 Å². The molecule has 0 radical (unpaired) electrons. The first-order valence-corrected chi connectivity index (χ1v) is 11.0. The fourth-order valence-electron chi connectivity index (χ4n) is 2.65. The first kappa shape index (κ1) is 19.3. The Hall–Kier alpha value is -1.50. The van der Waals surface area contributed by atoms with Crippen LogP contribution in [0.2, 0.25) is 0 Å². The zero-order valence-electron chi connectivity index (χ0n) is 13.9. The number of phenolic OH excluding ortho intramolecular Hbond substituents is 1. The van der Waals surface area contributed by atoms with Crippen LogP contribution in [0, 0.1) is 6.92 Å². The second-order valence-electron chi connectivity index (χ2n) is 6.14. The molecule has 4 unspecified atom stereocenters. The van der Waals surface area contributed by atoms with Gasteiger partial charge in [0.1, 0.15) is 5.75 Å². The highest BCUT2D eigenvalue weighted by molar-refractivity contribution is 7.78. The van der Waals surface area contributed by atoms with Crippen molar-refractivity contribution in [3.63, 3.8) is 0 Å². The molecule has 0 spiro atoms. The van der Waals surface area contributed by atoms with Crippen LogP contribution in [-0.4, -0.2) is 36.4 Å². The third-order valence-corrected chi connectivity index (χ3v) is 9.18. The largest absolute Gasteiger partial charge is 0.507 e. The predicted octanol–water partition coefficient (Wildman–Crippen LogP) is 2.49. The van der Waals surface area contributed by atoms with E-state index in [1.807, 2.05) is 0 Å². The molecule has 8 nitrogen and oxygen atoms in total. The second kappa shape index (κ2) is 6.59. The summed E-state index contributed by atoms with van der Waals surface area (Å²) >= 11 is 0. The molecule has 1 saturated heterocycles. The summed E-state index contributed by atoms with van der Waals surface area (Å²) in [5.74, 6) is -0.238. The minimum absolute atomic E-state index is 0.0600. The Morgan fingerprint density at radius 2 is 2.04 bits per heavy atom. The molecular formula is C16H19NO7P2. The van der Waals surface area contributed by atoms with Crippen LogP contribution in [0.1, 0.15) is 23.0 Å². The molecule has 26 heavy (non-hydrogen) atoms. The topological polar surface area (TPSA) is 129 Å². The number of aryl methyl sites for hydroxylation is 1. The minimum atomic E-state index is -4.82. The van der Waals surface area contributed by atoms with E-state index in [1.54, 1.807) is 25.1 Å². The summed E-state index contributed by atoms with van der Waals surface area (Å²) in [5, 5.41) is 18.2. The normalized spacial score (nSPS) is 34.5. The van der Waals surface area contributed by atoms with Crippen molar-refractivity contribution in [1.82, 2.24) is 4.98 Å². The fourth-order valence-corrected chi connectivity index (χ4v) is 6.62. The first-order chi connectivity index (χ1) is 12.1. The molecule has 2 aromatic rings. The molecule has 2 heterocycles. The minimum Gasteiger partial charge on any atom is -0.507 e. The Bertz CT molecular complexity index is 892. The lowest BCUT2D eigenvalue weighted by Crippen LogP contribution is -2.38. The van der Waals surface area contributed by atoms with E-state index < -0.39 is 32.7 Å². The molecule has 10 heteroatoms. The Morgan fingerprint density at radius 3 is 2.65 bits per heavy atom. The van der Waals surface area contributed by atoms with Gasteiger partial charge in [0, 0.05) is 18.8 Å². The Morgan fingerprint density at radius 1 is 1.31 bits per heavy atom. The van der Waals surface area contributed by atoms with E-state index in [1.165, 1.54) is 24.5 Å². The molecule has 140 valence electrons. The number of hydrogen-bond acceptors (Lipinski definition) is 7. The Labute approximate surface area is 150 Å². The summed E-state index contributed by atoms with van der Waals surface area (Å²) in [5.41, 5.74) is 1.19. The highest BCUT2D eigenvalue weighted by atomic mass is 31.2. The van der Waals surface area contributed by atoms with E-state index in [4.69, 9.17) is 9.05 Å². The Kier molecular flexibility index (Phi) is 4.88. The summed E-state index contributed by atoms with van der Waals surface area (Å²) in [6, 6.07) is 7.65. The highest BCUT2D eigenvalue weighted by Crippen LogP contribution is 2.79.